The molecule has 162 valence electrons. The molecule has 5 nitrogen and oxygen atoms in total. The lowest BCUT2D eigenvalue weighted by Crippen LogP contribution is -2.44. The van der Waals surface area contributed by atoms with E-state index in [1.54, 1.807) is 14.2 Å². The Morgan fingerprint density at radius 3 is 1.97 bits per heavy atom. The average molecular weight is 419 g/mol. The second-order valence-corrected chi connectivity index (χ2v) is 7.37. The molecule has 0 radical (unpaired) electrons. The van der Waals surface area contributed by atoms with Gasteiger partial charge in [0.25, 0.3) is 0 Å². The number of carbonyl (C=O) groups excluding carboxylic acids is 1. The molecule has 1 atom stereocenters. The number of ether oxygens (including phenoxy) is 2. The molecule has 1 amide bonds. The van der Waals surface area contributed by atoms with Gasteiger partial charge in [0.05, 0.1) is 26.3 Å². The highest BCUT2D eigenvalue weighted by Gasteiger charge is 2.20. The van der Waals surface area contributed by atoms with Crippen LogP contribution in [0.5, 0.6) is 11.5 Å². The highest BCUT2D eigenvalue weighted by Crippen LogP contribution is 2.27. The Morgan fingerprint density at radius 1 is 0.839 bits per heavy atom. The van der Waals surface area contributed by atoms with Crippen LogP contribution in [-0.2, 0) is 11.2 Å². The number of amides is 1. The first kappa shape index (κ1) is 22.4. The highest BCUT2D eigenvalue weighted by molar-refractivity contribution is 5.81. The van der Waals surface area contributed by atoms with Gasteiger partial charge in [-0.3, -0.25) is 10.1 Å². The van der Waals surface area contributed by atoms with Crippen molar-refractivity contribution in [2.45, 2.75) is 25.4 Å². The third-order valence-corrected chi connectivity index (χ3v) is 5.24. The molecule has 1 unspecified atom stereocenters. The molecule has 0 fully saturated rings. The van der Waals surface area contributed by atoms with Crippen LogP contribution < -0.4 is 20.1 Å². The first-order chi connectivity index (χ1) is 15.1. The fourth-order valence-corrected chi connectivity index (χ4v) is 3.52. The van der Waals surface area contributed by atoms with Crippen molar-refractivity contribution in [3.63, 3.8) is 0 Å². The third-order valence-electron chi connectivity index (χ3n) is 5.24. The van der Waals surface area contributed by atoms with Gasteiger partial charge in [-0.1, -0.05) is 66.7 Å². The minimum atomic E-state index is -0.351. The van der Waals surface area contributed by atoms with E-state index in [9.17, 15) is 4.79 Å². The molecule has 0 bridgehead atoms. The van der Waals surface area contributed by atoms with Crippen LogP contribution in [0.15, 0.2) is 78.9 Å². The Hall–Kier alpha value is -3.31. The van der Waals surface area contributed by atoms with Crippen LogP contribution in [0.25, 0.3) is 0 Å². The Kier molecular flexibility index (Phi) is 8.07. The van der Waals surface area contributed by atoms with E-state index in [0.29, 0.717) is 24.5 Å². The molecule has 0 aliphatic carbocycles. The molecule has 0 aromatic heterocycles. The van der Waals surface area contributed by atoms with Gasteiger partial charge in [-0.15, -0.1) is 0 Å². The summed E-state index contributed by atoms with van der Waals surface area (Å²) in [5.41, 5.74) is 3.32. The number of benzene rings is 3. The maximum Gasteiger partial charge on any atom is 0.236 e. The van der Waals surface area contributed by atoms with E-state index < -0.39 is 0 Å². The predicted octanol–water partition coefficient (Wildman–Crippen LogP) is 4.13. The Bertz CT molecular complexity index is 921. The van der Waals surface area contributed by atoms with E-state index in [1.807, 2.05) is 61.5 Å². The molecular weight excluding hydrogens is 388 g/mol. The van der Waals surface area contributed by atoms with Gasteiger partial charge in [0.15, 0.2) is 11.5 Å². The first-order valence-electron chi connectivity index (χ1n) is 10.5. The molecule has 3 aromatic carbocycles. The molecule has 2 N–H and O–H groups in total. The summed E-state index contributed by atoms with van der Waals surface area (Å²) in [7, 11) is 3.23. The Balaban J connectivity index is 1.60. The van der Waals surface area contributed by atoms with Crippen molar-refractivity contribution in [1.29, 1.82) is 0 Å². The SMILES string of the molecule is COc1ccc(CCNC(=O)C(C)NC(c2ccccc2)c2ccccc2)cc1OC. The topological polar surface area (TPSA) is 59.6 Å². The zero-order valence-corrected chi connectivity index (χ0v) is 18.3. The van der Waals surface area contributed by atoms with Crippen molar-refractivity contribution in [2.75, 3.05) is 20.8 Å². The van der Waals surface area contributed by atoms with Crippen molar-refractivity contribution in [3.8, 4) is 11.5 Å². The maximum atomic E-state index is 12.7. The van der Waals surface area contributed by atoms with Crippen molar-refractivity contribution >= 4 is 5.91 Å². The summed E-state index contributed by atoms with van der Waals surface area (Å²) in [6.07, 6.45) is 0.708. The molecule has 3 rings (SSSR count). The molecule has 0 spiro atoms. The predicted molar refractivity (Wildman–Crippen MR) is 124 cm³/mol. The quantitative estimate of drug-likeness (QED) is 0.520. The third kappa shape index (κ3) is 6.09. The van der Waals surface area contributed by atoms with Crippen LogP contribution in [-0.4, -0.2) is 32.7 Å². The monoisotopic (exact) mass is 418 g/mol. The van der Waals surface area contributed by atoms with Gasteiger partial charge in [-0.2, -0.15) is 0 Å². The molecular formula is C26H30N2O3. The van der Waals surface area contributed by atoms with Crippen molar-refractivity contribution in [3.05, 3.63) is 95.6 Å². The van der Waals surface area contributed by atoms with Gasteiger partial charge in [0, 0.05) is 6.54 Å². The van der Waals surface area contributed by atoms with E-state index in [0.717, 1.165) is 16.7 Å². The van der Waals surface area contributed by atoms with Crippen LogP contribution in [0.4, 0.5) is 0 Å². The summed E-state index contributed by atoms with van der Waals surface area (Å²) in [6.45, 7) is 2.44. The van der Waals surface area contributed by atoms with Gasteiger partial charge in [0.1, 0.15) is 0 Å². The van der Waals surface area contributed by atoms with E-state index in [1.165, 1.54) is 0 Å². The van der Waals surface area contributed by atoms with Gasteiger partial charge in [-0.05, 0) is 42.2 Å². The summed E-state index contributed by atoms with van der Waals surface area (Å²) in [4.78, 5) is 12.7. The Morgan fingerprint density at radius 2 is 1.42 bits per heavy atom. The summed E-state index contributed by atoms with van der Waals surface area (Å²) in [6, 6.07) is 25.7. The molecule has 0 saturated carbocycles. The fourth-order valence-electron chi connectivity index (χ4n) is 3.52. The second-order valence-electron chi connectivity index (χ2n) is 7.37. The largest absolute Gasteiger partial charge is 0.493 e. The summed E-state index contributed by atoms with van der Waals surface area (Å²) in [5.74, 6) is 1.35. The van der Waals surface area contributed by atoms with Crippen LogP contribution >= 0.6 is 0 Å². The van der Waals surface area contributed by atoms with E-state index >= 15 is 0 Å². The second kappa shape index (κ2) is 11.2. The maximum absolute atomic E-state index is 12.7. The van der Waals surface area contributed by atoms with Crippen molar-refractivity contribution < 1.29 is 14.3 Å². The van der Waals surface area contributed by atoms with Crippen molar-refractivity contribution in [1.82, 2.24) is 10.6 Å². The molecule has 0 aliphatic heterocycles. The molecule has 3 aromatic rings. The minimum absolute atomic E-state index is 0.0302. The van der Waals surface area contributed by atoms with E-state index in [4.69, 9.17) is 9.47 Å². The molecule has 31 heavy (non-hydrogen) atoms. The number of carbonyl (C=O) groups is 1. The number of methoxy groups -OCH3 is 2. The summed E-state index contributed by atoms with van der Waals surface area (Å²) in [5, 5.41) is 6.51. The average Bonchev–Trinajstić information content (AvgIpc) is 2.83. The lowest BCUT2D eigenvalue weighted by Gasteiger charge is -2.24. The minimum Gasteiger partial charge on any atom is -0.493 e. The van der Waals surface area contributed by atoms with E-state index in [2.05, 4.69) is 34.9 Å². The van der Waals surface area contributed by atoms with Crippen LogP contribution in [0.1, 0.15) is 29.7 Å². The zero-order chi connectivity index (χ0) is 22.1. The molecule has 5 heteroatoms. The summed E-state index contributed by atoms with van der Waals surface area (Å²) >= 11 is 0. The van der Waals surface area contributed by atoms with Gasteiger partial charge >= 0.3 is 0 Å². The molecule has 0 heterocycles. The number of rotatable bonds is 10. The zero-order valence-electron chi connectivity index (χ0n) is 18.3. The van der Waals surface area contributed by atoms with Gasteiger partial charge < -0.3 is 14.8 Å². The fraction of sp³-hybridized carbons (Fsp3) is 0.269. The van der Waals surface area contributed by atoms with Crippen LogP contribution in [0.3, 0.4) is 0 Å². The number of hydrogen-bond donors (Lipinski definition) is 2. The standard InChI is InChI=1S/C26H30N2O3/c1-19(26(29)27-17-16-20-14-15-23(30-2)24(18-20)31-3)28-25(21-10-6-4-7-11-21)22-12-8-5-9-13-22/h4-15,18-19,25,28H,16-17H2,1-3H3,(H,27,29). The van der Waals surface area contributed by atoms with E-state index in [-0.39, 0.29) is 18.0 Å². The Labute approximate surface area is 184 Å². The molecule has 0 saturated heterocycles. The van der Waals surface area contributed by atoms with Crippen molar-refractivity contribution in [2.24, 2.45) is 0 Å². The lowest BCUT2D eigenvalue weighted by molar-refractivity contribution is -0.122. The van der Waals surface area contributed by atoms with Crippen LogP contribution in [0.2, 0.25) is 0 Å². The lowest BCUT2D eigenvalue weighted by atomic mass is 9.98. The van der Waals surface area contributed by atoms with Crippen LogP contribution in [0, 0.1) is 0 Å². The highest BCUT2D eigenvalue weighted by atomic mass is 16.5. The summed E-state index contributed by atoms with van der Waals surface area (Å²) < 4.78 is 10.6. The normalized spacial score (nSPS) is 11.7. The first-order valence-corrected chi connectivity index (χ1v) is 10.5. The number of nitrogens with one attached hydrogen (secondary N) is 2. The smallest absolute Gasteiger partial charge is 0.236 e. The number of hydrogen-bond acceptors (Lipinski definition) is 4. The van der Waals surface area contributed by atoms with Gasteiger partial charge in [0.2, 0.25) is 5.91 Å². The molecule has 0 aliphatic rings. The van der Waals surface area contributed by atoms with Gasteiger partial charge in [-0.25, -0.2) is 0 Å².